The lowest BCUT2D eigenvalue weighted by molar-refractivity contribution is 0.101. The number of nitrogens with one attached hydrogen (secondary N) is 1. The van der Waals surface area contributed by atoms with E-state index in [0.717, 1.165) is 5.56 Å². The molecule has 3 aromatic carbocycles. The molecule has 6 nitrogen and oxygen atoms in total. The standard InChI is InChI=1S/C26H17NO5/c1-15-10-12-16(13-11-15)23(28)24-22(18-7-3-5-9-21(18)31-24)27-25(29)19-14-17-6-2-4-8-20(17)32-26(19)30/h2-14H,1H3,(H,27,29). The number of furan rings is 1. The van der Waals surface area contributed by atoms with Gasteiger partial charge in [0.1, 0.15) is 16.7 Å². The summed E-state index contributed by atoms with van der Waals surface area (Å²) in [5.41, 5.74) is 1.56. The summed E-state index contributed by atoms with van der Waals surface area (Å²) in [5, 5.41) is 3.88. The number of carbonyl (C=O) groups is 2. The van der Waals surface area contributed by atoms with E-state index in [1.165, 1.54) is 6.07 Å². The molecule has 5 aromatic rings. The lowest BCUT2D eigenvalue weighted by Crippen LogP contribution is -2.21. The number of anilines is 1. The third kappa shape index (κ3) is 3.37. The molecule has 0 radical (unpaired) electrons. The molecule has 5 rings (SSSR count). The van der Waals surface area contributed by atoms with Crippen LogP contribution in [0.5, 0.6) is 0 Å². The van der Waals surface area contributed by atoms with Gasteiger partial charge in [0.25, 0.3) is 5.91 Å². The van der Waals surface area contributed by atoms with E-state index >= 15 is 0 Å². The van der Waals surface area contributed by atoms with Crippen LogP contribution in [0.4, 0.5) is 5.69 Å². The second-order valence-corrected chi connectivity index (χ2v) is 7.44. The summed E-state index contributed by atoms with van der Waals surface area (Å²) in [6, 6.07) is 22.5. The first-order valence-corrected chi connectivity index (χ1v) is 9.98. The highest BCUT2D eigenvalue weighted by Gasteiger charge is 2.25. The normalized spacial score (nSPS) is 11.0. The number of ketones is 1. The van der Waals surface area contributed by atoms with Gasteiger partial charge in [0.2, 0.25) is 5.78 Å². The maximum absolute atomic E-state index is 13.2. The van der Waals surface area contributed by atoms with Crippen LogP contribution in [0.25, 0.3) is 21.9 Å². The quantitative estimate of drug-likeness (QED) is 0.312. The van der Waals surface area contributed by atoms with Gasteiger partial charge < -0.3 is 14.2 Å². The molecule has 2 aromatic heterocycles. The molecule has 0 saturated heterocycles. The van der Waals surface area contributed by atoms with E-state index in [2.05, 4.69) is 5.32 Å². The van der Waals surface area contributed by atoms with Gasteiger partial charge in [-0.3, -0.25) is 9.59 Å². The second-order valence-electron chi connectivity index (χ2n) is 7.44. The minimum atomic E-state index is -0.764. The number of carbonyl (C=O) groups excluding carboxylic acids is 2. The third-order valence-electron chi connectivity index (χ3n) is 5.24. The fourth-order valence-corrected chi connectivity index (χ4v) is 3.57. The molecule has 0 aliphatic rings. The number of hydrogen-bond acceptors (Lipinski definition) is 5. The number of fused-ring (bicyclic) bond motifs is 2. The zero-order chi connectivity index (χ0) is 22.2. The Kier molecular flexibility index (Phi) is 4.67. The van der Waals surface area contributed by atoms with Crippen LogP contribution in [0, 0.1) is 6.92 Å². The van der Waals surface area contributed by atoms with Gasteiger partial charge in [0.15, 0.2) is 5.76 Å². The molecule has 0 unspecified atom stereocenters. The van der Waals surface area contributed by atoms with Crippen LogP contribution in [-0.2, 0) is 0 Å². The maximum Gasteiger partial charge on any atom is 0.349 e. The fraction of sp³-hybridized carbons (Fsp3) is 0.0385. The van der Waals surface area contributed by atoms with Crippen molar-refractivity contribution in [3.63, 3.8) is 0 Å². The van der Waals surface area contributed by atoms with Crippen molar-refractivity contribution in [3.05, 3.63) is 112 Å². The average Bonchev–Trinajstić information content (AvgIpc) is 3.17. The van der Waals surface area contributed by atoms with Gasteiger partial charge >= 0.3 is 5.63 Å². The van der Waals surface area contributed by atoms with Crippen LogP contribution in [0.2, 0.25) is 0 Å². The van der Waals surface area contributed by atoms with Crippen LogP contribution in [0.3, 0.4) is 0 Å². The Morgan fingerprint density at radius 1 is 0.812 bits per heavy atom. The fourth-order valence-electron chi connectivity index (χ4n) is 3.57. The lowest BCUT2D eigenvalue weighted by Gasteiger charge is -2.06. The third-order valence-corrected chi connectivity index (χ3v) is 5.24. The summed E-state index contributed by atoms with van der Waals surface area (Å²) < 4.78 is 11.1. The van der Waals surface area contributed by atoms with Crippen molar-refractivity contribution < 1.29 is 18.4 Å². The van der Waals surface area contributed by atoms with E-state index in [4.69, 9.17) is 8.83 Å². The summed E-state index contributed by atoms with van der Waals surface area (Å²) in [5.74, 6) is -1.07. The van der Waals surface area contributed by atoms with Gasteiger partial charge in [-0.05, 0) is 31.2 Å². The summed E-state index contributed by atoms with van der Waals surface area (Å²) in [6.45, 7) is 1.93. The first kappa shape index (κ1) is 19.5. The Hall–Kier alpha value is -4.45. The molecule has 2 heterocycles. The minimum Gasteiger partial charge on any atom is -0.450 e. The highest BCUT2D eigenvalue weighted by Crippen LogP contribution is 2.33. The summed E-state index contributed by atoms with van der Waals surface area (Å²) in [7, 11) is 0. The zero-order valence-electron chi connectivity index (χ0n) is 17.0. The van der Waals surface area contributed by atoms with Crippen LogP contribution >= 0.6 is 0 Å². The first-order chi connectivity index (χ1) is 15.5. The molecule has 0 fully saturated rings. The molecular formula is C26H17NO5. The molecule has 0 aliphatic carbocycles. The van der Waals surface area contributed by atoms with Crippen LogP contribution in [0.1, 0.15) is 32.0 Å². The number of benzene rings is 3. The first-order valence-electron chi connectivity index (χ1n) is 9.98. The minimum absolute atomic E-state index is 0.00594. The van der Waals surface area contributed by atoms with E-state index in [1.54, 1.807) is 60.7 Å². The Morgan fingerprint density at radius 3 is 2.28 bits per heavy atom. The van der Waals surface area contributed by atoms with Crippen molar-refractivity contribution in [1.82, 2.24) is 0 Å². The van der Waals surface area contributed by atoms with Crippen molar-refractivity contribution in [2.75, 3.05) is 5.32 Å². The molecule has 0 saturated carbocycles. The Morgan fingerprint density at radius 2 is 1.50 bits per heavy atom. The number of aryl methyl sites for hydroxylation is 1. The number of hydrogen-bond donors (Lipinski definition) is 1. The van der Waals surface area contributed by atoms with E-state index in [-0.39, 0.29) is 22.8 Å². The van der Waals surface area contributed by atoms with Crippen LogP contribution in [0.15, 0.2) is 92.5 Å². The molecule has 0 atom stereocenters. The number of amides is 1. The topological polar surface area (TPSA) is 89.5 Å². The van der Waals surface area contributed by atoms with Gasteiger partial charge in [-0.2, -0.15) is 0 Å². The summed E-state index contributed by atoms with van der Waals surface area (Å²) >= 11 is 0. The Balaban J connectivity index is 1.59. The van der Waals surface area contributed by atoms with Crippen molar-refractivity contribution >= 4 is 39.3 Å². The predicted octanol–water partition coefficient (Wildman–Crippen LogP) is 5.33. The molecule has 0 spiro atoms. The largest absolute Gasteiger partial charge is 0.450 e. The van der Waals surface area contributed by atoms with Crippen LogP contribution in [-0.4, -0.2) is 11.7 Å². The molecule has 32 heavy (non-hydrogen) atoms. The SMILES string of the molecule is Cc1ccc(C(=O)c2oc3ccccc3c2NC(=O)c2cc3ccccc3oc2=O)cc1. The molecule has 0 aliphatic heterocycles. The molecule has 1 N–H and O–H groups in total. The highest BCUT2D eigenvalue weighted by molar-refractivity contribution is 6.19. The van der Waals surface area contributed by atoms with E-state index in [9.17, 15) is 14.4 Å². The predicted molar refractivity (Wildman–Crippen MR) is 121 cm³/mol. The molecule has 156 valence electrons. The second kappa shape index (κ2) is 7.67. The van der Waals surface area contributed by atoms with E-state index in [1.807, 2.05) is 19.1 Å². The molecular weight excluding hydrogens is 406 g/mol. The van der Waals surface area contributed by atoms with Gasteiger partial charge in [-0.15, -0.1) is 0 Å². The summed E-state index contributed by atoms with van der Waals surface area (Å²) in [4.78, 5) is 38.7. The van der Waals surface area contributed by atoms with Crippen molar-refractivity contribution in [2.45, 2.75) is 6.92 Å². The summed E-state index contributed by atoms with van der Waals surface area (Å²) in [6.07, 6.45) is 0. The smallest absolute Gasteiger partial charge is 0.349 e. The lowest BCUT2D eigenvalue weighted by atomic mass is 10.1. The van der Waals surface area contributed by atoms with Crippen LogP contribution < -0.4 is 10.9 Å². The maximum atomic E-state index is 13.2. The van der Waals surface area contributed by atoms with Gasteiger partial charge in [-0.25, -0.2) is 4.79 Å². The number of rotatable bonds is 4. The van der Waals surface area contributed by atoms with Crippen molar-refractivity contribution in [1.29, 1.82) is 0 Å². The van der Waals surface area contributed by atoms with Gasteiger partial charge in [-0.1, -0.05) is 60.2 Å². The van der Waals surface area contributed by atoms with Crippen molar-refractivity contribution in [2.24, 2.45) is 0 Å². The van der Waals surface area contributed by atoms with E-state index in [0.29, 0.717) is 27.5 Å². The molecule has 6 heteroatoms. The van der Waals surface area contributed by atoms with Gasteiger partial charge in [0, 0.05) is 16.3 Å². The zero-order valence-corrected chi connectivity index (χ0v) is 17.0. The van der Waals surface area contributed by atoms with E-state index < -0.39 is 11.5 Å². The number of para-hydroxylation sites is 2. The Bertz CT molecular complexity index is 1560. The Labute approximate surface area is 182 Å². The monoisotopic (exact) mass is 423 g/mol. The van der Waals surface area contributed by atoms with Crippen molar-refractivity contribution in [3.8, 4) is 0 Å². The van der Waals surface area contributed by atoms with Gasteiger partial charge in [0.05, 0.1) is 5.69 Å². The molecule has 0 bridgehead atoms. The highest BCUT2D eigenvalue weighted by atomic mass is 16.4. The molecule has 1 amide bonds. The average molecular weight is 423 g/mol.